The van der Waals surface area contributed by atoms with E-state index in [-0.39, 0.29) is 15.6 Å². The molecule has 0 saturated carbocycles. The Labute approximate surface area is 162 Å². The zero-order chi connectivity index (χ0) is 18.7. The number of thiocarbonyl (C=S) groups is 1. The Hall–Kier alpha value is -1.61. The molecule has 0 unspecified atom stereocenters. The van der Waals surface area contributed by atoms with Crippen molar-refractivity contribution in [2.45, 2.75) is 18.9 Å². The second-order valence-corrected chi connectivity index (χ2v) is 7.46. The van der Waals surface area contributed by atoms with Crippen molar-refractivity contribution in [3.63, 3.8) is 0 Å². The normalized spacial score (nSPS) is 17.2. The Kier molecular flexibility index (Phi) is 6.45. The van der Waals surface area contributed by atoms with E-state index in [1.54, 1.807) is 18.2 Å². The average Bonchev–Trinajstić information content (AvgIpc) is 2.78. The minimum atomic E-state index is -1.35. The van der Waals surface area contributed by atoms with E-state index in [0.29, 0.717) is 15.6 Å². The molecule has 0 aliphatic carbocycles. The zero-order valence-electron chi connectivity index (χ0n) is 12.4. The fourth-order valence-electron chi connectivity index (χ4n) is 2.15. The Morgan fingerprint density at radius 1 is 1.28 bits per heavy atom. The molecular formula is C15H11Cl2NO5S2. The lowest BCUT2D eigenvalue weighted by atomic mass is 10.1. The van der Waals surface area contributed by atoms with Crippen LogP contribution in [-0.4, -0.2) is 43.3 Å². The van der Waals surface area contributed by atoms with Crippen molar-refractivity contribution in [3.8, 4) is 0 Å². The number of carboxylic acid groups (broad SMARTS) is 2. The number of halogens is 2. The Morgan fingerprint density at radius 2 is 1.88 bits per heavy atom. The Bertz CT molecular complexity index is 776. The quantitative estimate of drug-likeness (QED) is 0.537. The molecule has 0 aromatic heterocycles. The second kappa shape index (κ2) is 8.18. The van der Waals surface area contributed by atoms with Crippen LogP contribution in [-0.2, 0) is 14.4 Å². The third-order valence-corrected chi connectivity index (χ3v) is 5.32. The minimum Gasteiger partial charge on any atom is -0.481 e. The van der Waals surface area contributed by atoms with Crippen LogP contribution in [0, 0.1) is 0 Å². The van der Waals surface area contributed by atoms with E-state index in [9.17, 15) is 19.5 Å². The Morgan fingerprint density at radius 3 is 2.40 bits per heavy atom. The van der Waals surface area contributed by atoms with Crippen LogP contribution in [0.2, 0.25) is 10.0 Å². The molecule has 0 radical (unpaired) electrons. The van der Waals surface area contributed by atoms with E-state index in [2.05, 4.69) is 0 Å². The van der Waals surface area contributed by atoms with Gasteiger partial charge >= 0.3 is 11.9 Å². The van der Waals surface area contributed by atoms with Crippen molar-refractivity contribution in [2.24, 2.45) is 0 Å². The smallest absolute Gasteiger partial charge is 0.326 e. The summed E-state index contributed by atoms with van der Waals surface area (Å²) in [5.74, 6) is -3.10. The average molecular weight is 420 g/mol. The number of hydrogen-bond acceptors (Lipinski definition) is 5. The van der Waals surface area contributed by atoms with Crippen molar-refractivity contribution in [1.29, 1.82) is 0 Å². The van der Waals surface area contributed by atoms with Crippen LogP contribution in [0.15, 0.2) is 23.1 Å². The fraction of sp³-hybridized carbons (Fsp3) is 0.200. The van der Waals surface area contributed by atoms with E-state index in [1.165, 1.54) is 6.08 Å². The van der Waals surface area contributed by atoms with Crippen LogP contribution >= 0.6 is 47.2 Å². The van der Waals surface area contributed by atoms with Crippen LogP contribution in [0.1, 0.15) is 18.4 Å². The number of hydrogen-bond donors (Lipinski definition) is 2. The molecule has 0 bridgehead atoms. The monoisotopic (exact) mass is 419 g/mol. The number of aliphatic carboxylic acids is 2. The number of carbonyl (C=O) groups is 3. The zero-order valence-corrected chi connectivity index (χ0v) is 15.6. The third-order valence-electron chi connectivity index (χ3n) is 3.33. The molecule has 2 rings (SSSR count). The number of benzene rings is 1. The summed E-state index contributed by atoms with van der Waals surface area (Å²) in [5.41, 5.74) is 0.420. The van der Waals surface area contributed by atoms with E-state index < -0.39 is 30.3 Å². The van der Waals surface area contributed by atoms with Crippen molar-refractivity contribution in [1.82, 2.24) is 4.90 Å². The highest BCUT2D eigenvalue weighted by Crippen LogP contribution is 2.37. The van der Waals surface area contributed by atoms with Crippen LogP contribution in [0.3, 0.4) is 0 Å². The summed E-state index contributed by atoms with van der Waals surface area (Å²) in [6, 6.07) is 3.51. The van der Waals surface area contributed by atoms with Gasteiger partial charge in [-0.25, -0.2) is 4.79 Å². The number of amides is 1. The predicted molar refractivity (Wildman–Crippen MR) is 99.8 cm³/mol. The van der Waals surface area contributed by atoms with Crippen LogP contribution in [0.25, 0.3) is 6.08 Å². The van der Waals surface area contributed by atoms with E-state index >= 15 is 0 Å². The highest BCUT2D eigenvalue weighted by molar-refractivity contribution is 8.26. The molecule has 1 amide bonds. The molecule has 2 N–H and O–H groups in total. The molecule has 1 fully saturated rings. The second-order valence-electron chi connectivity index (χ2n) is 4.97. The van der Waals surface area contributed by atoms with Crippen molar-refractivity contribution >= 4 is 75.4 Å². The van der Waals surface area contributed by atoms with Gasteiger partial charge in [0.15, 0.2) is 0 Å². The first-order valence-electron chi connectivity index (χ1n) is 6.88. The van der Waals surface area contributed by atoms with Gasteiger partial charge in [0.05, 0.1) is 4.91 Å². The number of rotatable bonds is 6. The van der Waals surface area contributed by atoms with Gasteiger partial charge in [0.1, 0.15) is 10.4 Å². The summed E-state index contributed by atoms with van der Waals surface area (Å²) in [6.07, 6.45) is 0.792. The van der Waals surface area contributed by atoms with Crippen LogP contribution in [0.4, 0.5) is 0 Å². The first kappa shape index (κ1) is 19.7. The summed E-state index contributed by atoms with van der Waals surface area (Å²) in [6.45, 7) is 0. The van der Waals surface area contributed by atoms with E-state index in [1.807, 2.05) is 0 Å². The maximum Gasteiger partial charge on any atom is 0.326 e. The maximum absolute atomic E-state index is 12.6. The van der Waals surface area contributed by atoms with Crippen molar-refractivity contribution in [2.75, 3.05) is 0 Å². The van der Waals surface area contributed by atoms with Gasteiger partial charge in [0.2, 0.25) is 0 Å². The standard InChI is InChI=1S/C15H11Cl2NO5S2/c16-8-2-1-3-9(17)7(8)6-11-13(21)18(15(24)25-11)10(14(22)23)4-5-12(19)20/h1-3,6,10H,4-5H2,(H,19,20)(H,22,23)/b11-6+/t10-/m1/s1. The summed E-state index contributed by atoms with van der Waals surface area (Å²) in [7, 11) is 0. The molecule has 132 valence electrons. The maximum atomic E-state index is 12.6. The lowest BCUT2D eigenvalue weighted by Gasteiger charge is -2.22. The molecule has 1 aromatic carbocycles. The van der Waals surface area contributed by atoms with Gasteiger partial charge in [0.25, 0.3) is 5.91 Å². The topological polar surface area (TPSA) is 94.9 Å². The largest absolute Gasteiger partial charge is 0.481 e. The first-order valence-corrected chi connectivity index (χ1v) is 8.86. The lowest BCUT2D eigenvalue weighted by molar-refractivity contribution is -0.146. The summed E-state index contributed by atoms with van der Waals surface area (Å²) in [4.78, 5) is 35.8. The molecule has 25 heavy (non-hydrogen) atoms. The van der Waals surface area contributed by atoms with Crippen molar-refractivity contribution < 1.29 is 24.6 Å². The molecule has 1 saturated heterocycles. The SMILES string of the molecule is O=C(O)CC[C@H](C(=O)O)N1C(=O)/C(=C\c2c(Cl)cccc2Cl)SC1=S. The molecule has 6 nitrogen and oxygen atoms in total. The van der Waals surface area contributed by atoms with Gasteiger partial charge < -0.3 is 10.2 Å². The fourth-order valence-corrected chi connectivity index (χ4v) is 4.00. The summed E-state index contributed by atoms with van der Waals surface area (Å²) in [5, 5.41) is 18.7. The molecule has 1 heterocycles. The van der Waals surface area contributed by atoms with Gasteiger partial charge in [-0.3, -0.25) is 14.5 Å². The summed E-state index contributed by atoms with van der Waals surface area (Å²) >= 11 is 18.2. The van der Waals surface area contributed by atoms with Crippen molar-refractivity contribution in [3.05, 3.63) is 38.7 Å². The summed E-state index contributed by atoms with van der Waals surface area (Å²) < 4.78 is 0.0391. The molecular weight excluding hydrogens is 409 g/mol. The lowest BCUT2D eigenvalue weighted by Crippen LogP contribution is -2.44. The van der Waals surface area contributed by atoms with Crippen LogP contribution < -0.4 is 0 Å². The minimum absolute atomic E-state index is 0.0391. The van der Waals surface area contributed by atoms with E-state index in [4.69, 9.17) is 40.5 Å². The molecule has 1 aromatic rings. The molecule has 0 spiro atoms. The Balaban J connectivity index is 2.34. The number of carbonyl (C=O) groups excluding carboxylic acids is 1. The predicted octanol–water partition coefficient (Wildman–Crippen LogP) is 3.51. The number of carboxylic acids is 2. The molecule has 10 heteroatoms. The highest BCUT2D eigenvalue weighted by atomic mass is 35.5. The van der Waals surface area contributed by atoms with Crippen LogP contribution in [0.5, 0.6) is 0 Å². The van der Waals surface area contributed by atoms with E-state index in [0.717, 1.165) is 16.7 Å². The van der Waals surface area contributed by atoms with Gasteiger partial charge in [-0.15, -0.1) is 0 Å². The molecule has 1 aliphatic heterocycles. The molecule has 1 aliphatic rings. The van der Waals surface area contributed by atoms with Gasteiger partial charge in [-0.1, -0.05) is 53.2 Å². The first-order chi connectivity index (χ1) is 11.7. The molecule has 1 atom stereocenters. The number of nitrogens with zero attached hydrogens (tertiary/aromatic N) is 1. The third kappa shape index (κ3) is 4.52. The van der Waals surface area contributed by atoms with Gasteiger partial charge in [-0.05, 0) is 24.6 Å². The van der Waals surface area contributed by atoms with Gasteiger partial charge in [-0.2, -0.15) is 0 Å². The van der Waals surface area contributed by atoms with Gasteiger partial charge in [0, 0.05) is 22.0 Å². The highest BCUT2D eigenvalue weighted by Gasteiger charge is 2.40. The number of thioether (sulfide) groups is 1.